The van der Waals surface area contributed by atoms with E-state index in [0.29, 0.717) is 0 Å². The number of amides is 1. The molecule has 0 fully saturated rings. The Morgan fingerprint density at radius 2 is 2.22 bits per heavy atom. The molecule has 1 amide bonds. The number of carbonyl (C=O) groups is 1. The fraction of sp³-hybridized carbons (Fsp3) is 0.462. The van der Waals surface area contributed by atoms with Crippen LogP contribution in [0.25, 0.3) is 0 Å². The van der Waals surface area contributed by atoms with Crippen LogP contribution in [0.1, 0.15) is 37.0 Å². The van der Waals surface area contributed by atoms with Gasteiger partial charge in [-0.3, -0.25) is 4.79 Å². The number of alkyl halides is 1. The van der Waals surface area contributed by atoms with E-state index in [1.54, 1.807) is 0 Å². The van der Waals surface area contributed by atoms with E-state index < -0.39 is 11.7 Å². The summed E-state index contributed by atoms with van der Waals surface area (Å²) in [6, 6.07) is 3.37. The van der Waals surface area contributed by atoms with Gasteiger partial charge in [0.2, 0.25) is 0 Å². The summed E-state index contributed by atoms with van der Waals surface area (Å²) in [6.45, 7) is 3.92. The van der Waals surface area contributed by atoms with Crippen molar-refractivity contribution in [2.45, 2.75) is 32.2 Å². The van der Waals surface area contributed by atoms with Gasteiger partial charge in [0.1, 0.15) is 11.6 Å². The lowest BCUT2D eigenvalue weighted by molar-refractivity contribution is 0.0899. The van der Waals surface area contributed by atoms with Crippen molar-refractivity contribution >= 4 is 21.8 Å². The Hall–Kier alpha value is -1.10. The highest BCUT2D eigenvalue weighted by Gasteiger charge is 2.25. The second-order valence-electron chi connectivity index (χ2n) is 4.47. The Morgan fingerprint density at radius 3 is 2.72 bits per heavy atom. The Balaban J connectivity index is 2.87. The van der Waals surface area contributed by atoms with Crippen molar-refractivity contribution in [3.63, 3.8) is 0 Å². The van der Waals surface area contributed by atoms with Gasteiger partial charge in [0.15, 0.2) is 0 Å². The first-order valence-corrected chi connectivity index (χ1v) is 6.91. The summed E-state index contributed by atoms with van der Waals surface area (Å²) < 4.78 is 12.8. The zero-order valence-corrected chi connectivity index (χ0v) is 12.1. The van der Waals surface area contributed by atoms with Crippen LogP contribution in [0, 0.1) is 5.82 Å². The Bertz CT molecular complexity index is 439. The molecule has 1 aromatic carbocycles. The molecule has 0 aliphatic carbocycles. The van der Waals surface area contributed by atoms with Crippen LogP contribution in [-0.4, -0.2) is 21.9 Å². The molecule has 0 spiro atoms. The summed E-state index contributed by atoms with van der Waals surface area (Å²) >= 11 is 3.35. The summed E-state index contributed by atoms with van der Waals surface area (Å²) in [5, 5.41) is 13.2. The van der Waals surface area contributed by atoms with Gasteiger partial charge in [-0.2, -0.15) is 0 Å². The zero-order chi connectivity index (χ0) is 13.8. The van der Waals surface area contributed by atoms with Crippen molar-refractivity contribution < 1.29 is 14.3 Å². The molecule has 0 radical (unpaired) electrons. The van der Waals surface area contributed by atoms with E-state index in [1.165, 1.54) is 6.07 Å². The van der Waals surface area contributed by atoms with Gasteiger partial charge in [-0.1, -0.05) is 22.9 Å². The summed E-state index contributed by atoms with van der Waals surface area (Å²) in [5.41, 5.74) is -0.257. The summed E-state index contributed by atoms with van der Waals surface area (Å²) in [5.74, 6) is -1.30. The number of hydrogen-bond donors (Lipinski definition) is 2. The predicted molar refractivity (Wildman–Crippen MR) is 72.6 cm³/mol. The third kappa shape index (κ3) is 3.70. The molecule has 1 rings (SSSR count). The first-order valence-electron chi connectivity index (χ1n) is 5.79. The lowest BCUT2D eigenvalue weighted by Crippen LogP contribution is -2.45. The molecule has 0 saturated heterocycles. The lowest BCUT2D eigenvalue weighted by atomic mass is 9.95. The lowest BCUT2D eigenvalue weighted by Gasteiger charge is -2.29. The molecule has 0 bridgehead atoms. The minimum Gasteiger partial charge on any atom is -0.507 e. The van der Waals surface area contributed by atoms with E-state index >= 15 is 0 Å². The maximum atomic E-state index is 12.8. The molecule has 2 N–H and O–H groups in total. The highest BCUT2D eigenvalue weighted by Crippen LogP contribution is 2.21. The van der Waals surface area contributed by atoms with E-state index in [9.17, 15) is 14.3 Å². The maximum absolute atomic E-state index is 12.8. The number of carbonyl (C=O) groups excluding carboxylic acids is 1. The minimum absolute atomic E-state index is 0.0886. The summed E-state index contributed by atoms with van der Waals surface area (Å²) in [6.07, 6.45) is 1.55. The summed E-state index contributed by atoms with van der Waals surface area (Å²) in [4.78, 5) is 12.0. The second kappa shape index (κ2) is 6.18. The monoisotopic (exact) mass is 317 g/mol. The largest absolute Gasteiger partial charge is 0.507 e. The molecule has 1 atom stereocenters. The molecular formula is C13H17BrFNO2. The van der Waals surface area contributed by atoms with Crippen LogP contribution in [0.15, 0.2) is 18.2 Å². The average Bonchev–Trinajstić information content (AvgIpc) is 2.28. The smallest absolute Gasteiger partial charge is 0.255 e. The van der Waals surface area contributed by atoms with Crippen molar-refractivity contribution in [2.75, 3.05) is 5.33 Å². The third-order valence-electron chi connectivity index (χ3n) is 3.05. The number of halogens is 2. The molecule has 0 aliphatic heterocycles. The van der Waals surface area contributed by atoms with Crippen molar-refractivity contribution in [1.82, 2.24) is 5.32 Å². The van der Waals surface area contributed by atoms with E-state index in [4.69, 9.17) is 0 Å². The molecule has 0 aliphatic rings. The first-order chi connectivity index (χ1) is 8.41. The standard InChI is InChI=1S/C13H17BrFNO2/c1-3-13(2,6-7-14)16-12(18)10-5-4-9(15)8-11(10)17/h4-5,8,17H,3,6-7H2,1-2H3,(H,16,18). The average molecular weight is 318 g/mol. The highest BCUT2D eigenvalue weighted by atomic mass is 79.9. The normalized spacial score (nSPS) is 14.0. The van der Waals surface area contributed by atoms with Gasteiger partial charge in [-0.15, -0.1) is 0 Å². The number of nitrogens with one attached hydrogen (secondary N) is 1. The van der Waals surface area contributed by atoms with Crippen LogP contribution < -0.4 is 5.32 Å². The Morgan fingerprint density at radius 1 is 1.56 bits per heavy atom. The number of rotatable bonds is 5. The molecule has 100 valence electrons. The first kappa shape index (κ1) is 15.0. The van der Waals surface area contributed by atoms with E-state index in [-0.39, 0.29) is 16.9 Å². The maximum Gasteiger partial charge on any atom is 0.255 e. The molecule has 5 heteroatoms. The molecule has 1 unspecified atom stereocenters. The molecule has 0 aromatic heterocycles. The molecular weight excluding hydrogens is 301 g/mol. The van der Waals surface area contributed by atoms with Gasteiger partial charge in [-0.05, 0) is 31.9 Å². The zero-order valence-electron chi connectivity index (χ0n) is 10.5. The minimum atomic E-state index is -0.567. The van der Waals surface area contributed by atoms with E-state index in [1.807, 2.05) is 13.8 Å². The predicted octanol–water partition coefficient (Wildman–Crippen LogP) is 3.21. The summed E-state index contributed by atoms with van der Waals surface area (Å²) in [7, 11) is 0. The highest BCUT2D eigenvalue weighted by molar-refractivity contribution is 9.09. The molecule has 0 heterocycles. The van der Waals surface area contributed by atoms with Crippen molar-refractivity contribution in [1.29, 1.82) is 0 Å². The Kier molecular flexibility index (Phi) is 5.14. The van der Waals surface area contributed by atoms with Gasteiger partial charge >= 0.3 is 0 Å². The molecule has 18 heavy (non-hydrogen) atoms. The third-order valence-corrected chi connectivity index (χ3v) is 3.44. The van der Waals surface area contributed by atoms with Gasteiger partial charge in [0, 0.05) is 16.9 Å². The van der Waals surface area contributed by atoms with Crippen LogP contribution >= 0.6 is 15.9 Å². The van der Waals surface area contributed by atoms with Crippen LogP contribution in [-0.2, 0) is 0 Å². The van der Waals surface area contributed by atoms with Crippen LogP contribution in [0.5, 0.6) is 5.75 Å². The second-order valence-corrected chi connectivity index (χ2v) is 5.26. The van der Waals surface area contributed by atoms with Crippen LogP contribution in [0.4, 0.5) is 4.39 Å². The van der Waals surface area contributed by atoms with Crippen LogP contribution in [0.2, 0.25) is 0 Å². The van der Waals surface area contributed by atoms with Gasteiger partial charge in [-0.25, -0.2) is 4.39 Å². The molecule has 3 nitrogen and oxygen atoms in total. The van der Waals surface area contributed by atoms with Gasteiger partial charge in [0.25, 0.3) is 5.91 Å². The number of aromatic hydroxyl groups is 1. The van der Waals surface area contributed by atoms with Crippen molar-refractivity contribution in [3.8, 4) is 5.75 Å². The SMILES string of the molecule is CCC(C)(CCBr)NC(=O)c1ccc(F)cc1O. The van der Waals surface area contributed by atoms with Gasteiger partial charge < -0.3 is 10.4 Å². The Labute approximate surface area is 115 Å². The number of hydrogen-bond acceptors (Lipinski definition) is 2. The number of phenols is 1. The number of benzene rings is 1. The van der Waals surface area contributed by atoms with E-state index in [2.05, 4.69) is 21.2 Å². The number of phenolic OH excluding ortho intramolecular Hbond substituents is 1. The fourth-order valence-corrected chi connectivity index (χ4v) is 2.45. The molecule has 1 aromatic rings. The quantitative estimate of drug-likeness (QED) is 0.819. The molecule has 0 saturated carbocycles. The van der Waals surface area contributed by atoms with Gasteiger partial charge in [0.05, 0.1) is 5.56 Å². The fourth-order valence-electron chi connectivity index (χ4n) is 1.57. The van der Waals surface area contributed by atoms with Crippen molar-refractivity contribution in [3.05, 3.63) is 29.6 Å². The topological polar surface area (TPSA) is 49.3 Å². The van der Waals surface area contributed by atoms with E-state index in [0.717, 1.165) is 30.3 Å². The van der Waals surface area contributed by atoms with Crippen LogP contribution in [0.3, 0.4) is 0 Å². The van der Waals surface area contributed by atoms with Crippen molar-refractivity contribution in [2.24, 2.45) is 0 Å².